The Morgan fingerprint density at radius 1 is 1.03 bits per heavy atom. The summed E-state index contributed by atoms with van der Waals surface area (Å²) in [5.41, 5.74) is 0.0403. The van der Waals surface area contributed by atoms with E-state index in [1.165, 1.54) is 12.1 Å². The second kappa shape index (κ2) is 8.60. The molecule has 1 saturated heterocycles. The molecule has 5 nitrogen and oxygen atoms in total. The minimum Gasteiger partial charge on any atom is -0.365 e. The van der Waals surface area contributed by atoms with Crippen LogP contribution >= 0.6 is 0 Å². The number of hydrogen-bond acceptors (Lipinski definition) is 3. The van der Waals surface area contributed by atoms with E-state index < -0.39 is 46.7 Å². The topological polar surface area (TPSA) is 50.2 Å². The van der Waals surface area contributed by atoms with Crippen molar-refractivity contribution < 1.29 is 26.7 Å². The van der Waals surface area contributed by atoms with Crippen LogP contribution in [0.1, 0.15) is 23.2 Å². The predicted molar refractivity (Wildman–Crippen MR) is 108 cm³/mol. The van der Waals surface area contributed by atoms with E-state index in [-0.39, 0.29) is 24.7 Å². The molecule has 1 aliphatic heterocycles. The van der Waals surface area contributed by atoms with Crippen molar-refractivity contribution in [1.82, 2.24) is 15.1 Å². The second-order valence-corrected chi connectivity index (χ2v) is 7.64. The molecule has 0 radical (unpaired) electrons. The number of halogens is 5. The largest absolute Gasteiger partial charge is 0.365 e. The van der Waals surface area contributed by atoms with Gasteiger partial charge in [0.05, 0.1) is 11.3 Å². The SMILES string of the molecule is Cn1ccc(-c2ccc(C(=O)NC3CCCN(c4c(F)c(F)cc(F)c4F)C3)c(F)c2)n1. The molecule has 1 atom stereocenters. The van der Waals surface area contributed by atoms with E-state index >= 15 is 0 Å². The third kappa shape index (κ3) is 4.17. The summed E-state index contributed by atoms with van der Waals surface area (Å²) in [5.74, 6) is -7.43. The molecule has 1 aliphatic rings. The fourth-order valence-corrected chi connectivity index (χ4v) is 3.83. The van der Waals surface area contributed by atoms with Crippen molar-refractivity contribution in [3.8, 4) is 11.3 Å². The van der Waals surface area contributed by atoms with Crippen LogP contribution in [0.3, 0.4) is 0 Å². The summed E-state index contributed by atoms with van der Waals surface area (Å²) in [7, 11) is 1.73. The predicted octanol–water partition coefficient (Wildman–Crippen LogP) is 4.18. The fraction of sp³-hybridized carbons (Fsp3) is 0.273. The van der Waals surface area contributed by atoms with E-state index in [4.69, 9.17) is 0 Å². The molecule has 4 rings (SSSR count). The lowest BCUT2D eigenvalue weighted by Crippen LogP contribution is -2.48. The van der Waals surface area contributed by atoms with E-state index in [1.54, 1.807) is 30.1 Å². The van der Waals surface area contributed by atoms with Crippen molar-refractivity contribution in [2.24, 2.45) is 7.05 Å². The van der Waals surface area contributed by atoms with Gasteiger partial charge in [-0.25, -0.2) is 22.0 Å². The van der Waals surface area contributed by atoms with Crippen LogP contribution in [0.4, 0.5) is 27.6 Å². The molecule has 10 heteroatoms. The average molecular weight is 450 g/mol. The fourth-order valence-electron chi connectivity index (χ4n) is 3.83. The molecule has 0 bridgehead atoms. The molecule has 1 aromatic heterocycles. The van der Waals surface area contributed by atoms with Gasteiger partial charge < -0.3 is 10.2 Å². The molecule has 2 heterocycles. The third-order valence-corrected chi connectivity index (χ3v) is 5.38. The summed E-state index contributed by atoms with van der Waals surface area (Å²) in [6.07, 6.45) is 2.57. The Morgan fingerprint density at radius 2 is 1.75 bits per heavy atom. The second-order valence-electron chi connectivity index (χ2n) is 7.64. The zero-order valence-corrected chi connectivity index (χ0v) is 17.0. The zero-order valence-electron chi connectivity index (χ0n) is 17.0. The number of rotatable bonds is 4. The van der Waals surface area contributed by atoms with Crippen LogP contribution in [0.2, 0.25) is 0 Å². The summed E-state index contributed by atoms with van der Waals surface area (Å²) in [5, 5.41) is 6.82. The maximum Gasteiger partial charge on any atom is 0.254 e. The maximum atomic E-state index is 14.6. The van der Waals surface area contributed by atoms with Gasteiger partial charge in [-0.1, -0.05) is 6.07 Å². The van der Waals surface area contributed by atoms with Crippen molar-refractivity contribution in [1.29, 1.82) is 0 Å². The molecule has 1 amide bonds. The lowest BCUT2D eigenvalue weighted by molar-refractivity contribution is 0.0929. The van der Waals surface area contributed by atoms with E-state index in [0.717, 1.165) is 4.90 Å². The number of piperidine rings is 1. The molecular weight excluding hydrogens is 431 g/mol. The first kappa shape index (κ1) is 21.8. The normalized spacial score (nSPS) is 16.3. The molecule has 0 saturated carbocycles. The summed E-state index contributed by atoms with van der Waals surface area (Å²) in [4.78, 5) is 13.8. The number of nitrogens with zero attached hydrogens (tertiary/aromatic N) is 3. The summed E-state index contributed by atoms with van der Waals surface area (Å²) in [6, 6.07) is 5.35. The number of nitrogens with one attached hydrogen (secondary N) is 1. The zero-order chi connectivity index (χ0) is 23.0. The Morgan fingerprint density at radius 3 is 2.38 bits per heavy atom. The highest BCUT2D eigenvalue weighted by Crippen LogP contribution is 2.30. The van der Waals surface area contributed by atoms with Gasteiger partial charge in [-0.3, -0.25) is 9.48 Å². The Balaban J connectivity index is 1.50. The number of anilines is 1. The highest BCUT2D eigenvalue weighted by molar-refractivity contribution is 5.95. The third-order valence-electron chi connectivity index (χ3n) is 5.38. The molecule has 3 aromatic rings. The van der Waals surface area contributed by atoms with Crippen LogP contribution in [-0.2, 0) is 7.05 Å². The molecule has 1 N–H and O–H groups in total. The molecular formula is C22H19F5N4O. The number of hydrogen-bond donors (Lipinski definition) is 1. The molecule has 0 spiro atoms. The van der Waals surface area contributed by atoms with Crippen LogP contribution < -0.4 is 10.2 Å². The first-order valence-corrected chi connectivity index (χ1v) is 9.93. The number of amides is 1. The van der Waals surface area contributed by atoms with Gasteiger partial charge in [0.15, 0.2) is 23.3 Å². The van der Waals surface area contributed by atoms with E-state index in [1.807, 2.05) is 0 Å². The maximum absolute atomic E-state index is 14.6. The van der Waals surface area contributed by atoms with Crippen LogP contribution in [0.25, 0.3) is 11.3 Å². The minimum atomic E-state index is -1.50. The monoisotopic (exact) mass is 450 g/mol. The van der Waals surface area contributed by atoms with Crippen molar-refractivity contribution >= 4 is 11.6 Å². The standard InChI is InChI=1S/C22H19F5N4O/c1-30-8-6-18(29-30)12-4-5-14(15(23)9-12)22(32)28-13-3-2-7-31(11-13)21-19(26)16(24)10-17(25)20(21)27/h4-6,8-10,13H,2-3,7,11H2,1H3,(H,28,32). The van der Waals surface area contributed by atoms with Gasteiger partial charge in [-0.2, -0.15) is 5.10 Å². The number of carbonyl (C=O) groups is 1. The molecule has 0 aliphatic carbocycles. The van der Waals surface area contributed by atoms with E-state index in [9.17, 15) is 26.7 Å². The van der Waals surface area contributed by atoms with Crippen molar-refractivity contribution in [3.63, 3.8) is 0 Å². The minimum absolute atomic E-state index is 0.0872. The van der Waals surface area contributed by atoms with Crippen molar-refractivity contribution in [2.75, 3.05) is 18.0 Å². The smallest absolute Gasteiger partial charge is 0.254 e. The highest BCUT2D eigenvalue weighted by Gasteiger charge is 2.29. The van der Waals surface area contributed by atoms with Crippen LogP contribution in [0.15, 0.2) is 36.5 Å². The Hall–Kier alpha value is -3.43. The highest BCUT2D eigenvalue weighted by atomic mass is 19.2. The Bertz CT molecular complexity index is 1150. The van der Waals surface area contributed by atoms with Gasteiger partial charge in [0.2, 0.25) is 0 Å². The van der Waals surface area contributed by atoms with Gasteiger partial charge in [0.1, 0.15) is 11.5 Å². The molecule has 32 heavy (non-hydrogen) atoms. The Labute approximate surface area is 180 Å². The van der Waals surface area contributed by atoms with Gasteiger partial charge in [0.25, 0.3) is 5.91 Å². The van der Waals surface area contributed by atoms with Gasteiger partial charge in [0, 0.05) is 44.0 Å². The first-order valence-electron chi connectivity index (χ1n) is 9.93. The summed E-state index contributed by atoms with van der Waals surface area (Å²) < 4.78 is 71.6. The van der Waals surface area contributed by atoms with E-state index in [0.29, 0.717) is 24.1 Å². The lowest BCUT2D eigenvalue weighted by Gasteiger charge is -2.35. The number of carbonyl (C=O) groups excluding carboxylic acids is 1. The lowest BCUT2D eigenvalue weighted by atomic mass is 10.0. The van der Waals surface area contributed by atoms with Gasteiger partial charge in [-0.15, -0.1) is 0 Å². The summed E-state index contributed by atoms with van der Waals surface area (Å²) in [6.45, 7) is 0.0619. The molecule has 1 unspecified atom stereocenters. The Kier molecular flexibility index (Phi) is 5.86. The quantitative estimate of drug-likeness (QED) is 0.479. The van der Waals surface area contributed by atoms with E-state index in [2.05, 4.69) is 10.4 Å². The summed E-state index contributed by atoms with van der Waals surface area (Å²) >= 11 is 0. The molecule has 168 valence electrons. The van der Waals surface area contributed by atoms with Crippen molar-refractivity contribution in [3.05, 3.63) is 71.2 Å². The molecule has 1 fully saturated rings. The first-order chi connectivity index (χ1) is 15.2. The van der Waals surface area contributed by atoms with Crippen LogP contribution in [0.5, 0.6) is 0 Å². The van der Waals surface area contributed by atoms with Gasteiger partial charge in [-0.05, 0) is 31.0 Å². The van der Waals surface area contributed by atoms with Crippen molar-refractivity contribution in [2.45, 2.75) is 18.9 Å². The van der Waals surface area contributed by atoms with Crippen LogP contribution in [-0.4, -0.2) is 34.8 Å². The van der Waals surface area contributed by atoms with Crippen LogP contribution in [0, 0.1) is 29.1 Å². The molecule has 2 aromatic carbocycles. The average Bonchev–Trinajstić information content (AvgIpc) is 3.19. The number of benzene rings is 2. The number of aryl methyl sites for hydroxylation is 1. The number of aromatic nitrogens is 2. The van der Waals surface area contributed by atoms with Gasteiger partial charge >= 0.3 is 0 Å².